The van der Waals surface area contributed by atoms with Crippen molar-refractivity contribution in [3.8, 4) is 11.5 Å². The van der Waals surface area contributed by atoms with Crippen LogP contribution < -0.4 is 11.5 Å². The number of urea groups is 1. The standard InChI is InChI=1S/C27H26Cl2N8O11S2/c1-26(2,22(43)44)48-34-15(16-18(29)49-24(31)32-16)12(39)7-10-20(42)35-8-27(23(45)46,50-21(10)35)36-5-6-37(25(36)47)33-14(19(30)41)9-3-4-11(38)17(40)13(9)28/h3-4,10,21,38,40H,5-8H2,1-2H3,(H2,30,41)(H2,31,32)(H,43,44)(H,45,46)/b33-14-,34-15+/t10?,21-,27-/m1/s1. The van der Waals surface area contributed by atoms with Crippen molar-refractivity contribution in [2.24, 2.45) is 21.9 Å². The summed E-state index contributed by atoms with van der Waals surface area (Å²) < 4.78 is -0.0586. The summed E-state index contributed by atoms with van der Waals surface area (Å²) in [5.74, 6) is -7.93. The van der Waals surface area contributed by atoms with Gasteiger partial charge in [-0.25, -0.2) is 24.4 Å². The number of carboxylic acids is 2. The number of fused-ring (bicyclic) bond motifs is 1. The number of hydrogen-bond acceptors (Lipinski definition) is 15. The van der Waals surface area contributed by atoms with Crippen LogP contribution in [-0.2, 0) is 28.8 Å². The molecule has 4 amide bonds. The first-order valence-corrected chi connectivity index (χ1v) is 16.6. The number of phenols is 2. The Bertz CT molecular complexity index is 1920. The molecule has 1 aromatic carbocycles. The number of Topliss-reactive ketones (excluding diaryl/α,β-unsaturated/α-hetero) is 1. The Kier molecular flexibility index (Phi) is 9.55. The number of halogens is 2. The number of phenolic OH excluding ortho intramolecular Hbond substituents is 2. The third-order valence-electron chi connectivity index (χ3n) is 7.89. The second-order valence-corrected chi connectivity index (χ2v) is 14.9. The summed E-state index contributed by atoms with van der Waals surface area (Å²) in [6.07, 6.45) is -0.543. The fourth-order valence-electron chi connectivity index (χ4n) is 5.18. The largest absolute Gasteiger partial charge is 0.504 e. The van der Waals surface area contributed by atoms with Crippen molar-refractivity contribution in [3.05, 3.63) is 32.7 Å². The number of nitrogens with two attached hydrogens (primary N) is 2. The Hall–Kier alpha value is -4.86. The van der Waals surface area contributed by atoms with E-state index in [2.05, 4.69) is 15.2 Å². The van der Waals surface area contributed by atoms with E-state index in [9.17, 15) is 49.2 Å². The molecule has 23 heteroatoms. The molecular formula is C27H26Cl2N8O11S2. The fraction of sp³-hybridized carbons (Fsp3) is 0.370. The van der Waals surface area contributed by atoms with Crippen LogP contribution in [-0.4, -0.2) is 123 Å². The number of nitrogen functional groups attached to an aromatic ring is 1. The second kappa shape index (κ2) is 13.1. The number of amides is 4. The number of β-lactam (4-membered cyclic amide) rings is 1. The van der Waals surface area contributed by atoms with Gasteiger partial charge in [-0.05, 0) is 26.0 Å². The van der Waals surface area contributed by atoms with Crippen molar-refractivity contribution in [3.63, 3.8) is 0 Å². The van der Waals surface area contributed by atoms with Crippen molar-refractivity contribution < 1.29 is 54.0 Å². The summed E-state index contributed by atoms with van der Waals surface area (Å²) in [5, 5.41) is 46.6. The van der Waals surface area contributed by atoms with E-state index in [1.54, 1.807) is 0 Å². The lowest BCUT2D eigenvalue weighted by molar-refractivity contribution is -0.161. The van der Waals surface area contributed by atoms with Crippen LogP contribution in [0.15, 0.2) is 22.4 Å². The average Bonchev–Trinajstić information content (AvgIpc) is 3.70. The van der Waals surface area contributed by atoms with Gasteiger partial charge in [0, 0.05) is 18.5 Å². The highest BCUT2D eigenvalue weighted by Gasteiger charge is 2.66. The molecule has 3 fully saturated rings. The molecule has 5 rings (SSSR count). The Labute approximate surface area is 299 Å². The molecule has 0 aliphatic carbocycles. The number of hydrogen-bond donors (Lipinski definition) is 6. The molecule has 3 aliphatic rings. The SMILES string of the molecule is CC(C)(O/N=C(\C(=O)CC1C(=O)N2C[C@@](C(=O)O)(N3CCN(/N=C(\C(N)=O)c4ccc(O)c(O)c4Cl)C3=O)S[C@H]12)c1nc(N)sc1Cl)C(=O)O. The number of carboxylic acid groups (broad SMARTS) is 2. The van der Waals surface area contributed by atoms with E-state index < -0.39 is 98.2 Å². The number of aliphatic carboxylic acids is 2. The minimum atomic E-state index is -2.04. The summed E-state index contributed by atoms with van der Waals surface area (Å²) in [6, 6.07) is 1.18. The van der Waals surface area contributed by atoms with Gasteiger partial charge in [-0.3, -0.25) is 19.3 Å². The van der Waals surface area contributed by atoms with E-state index in [4.69, 9.17) is 39.5 Å². The van der Waals surface area contributed by atoms with Gasteiger partial charge in [-0.1, -0.05) is 51.5 Å². The first-order chi connectivity index (χ1) is 23.3. The van der Waals surface area contributed by atoms with Crippen LogP contribution in [0.5, 0.6) is 11.5 Å². The number of oxime groups is 1. The lowest BCUT2D eigenvalue weighted by Gasteiger charge is -2.40. The molecule has 8 N–H and O–H groups in total. The van der Waals surface area contributed by atoms with Crippen LogP contribution in [0.3, 0.4) is 0 Å². The topological polar surface area (TPSA) is 292 Å². The molecule has 3 atom stereocenters. The molecule has 50 heavy (non-hydrogen) atoms. The monoisotopic (exact) mass is 772 g/mol. The van der Waals surface area contributed by atoms with E-state index in [1.165, 1.54) is 18.7 Å². The molecule has 0 saturated carbocycles. The summed E-state index contributed by atoms with van der Waals surface area (Å²) in [7, 11) is 0. The number of benzene rings is 1. The molecule has 1 unspecified atom stereocenters. The number of anilines is 1. The molecule has 1 aromatic heterocycles. The molecule has 19 nitrogen and oxygen atoms in total. The molecule has 3 saturated heterocycles. The summed E-state index contributed by atoms with van der Waals surface area (Å²) in [4.78, 5) is 86.3. The number of carbonyl (C=O) groups excluding carboxylic acids is 4. The smallest absolute Gasteiger partial charge is 0.350 e. The zero-order chi connectivity index (χ0) is 37.0. The molecule has 2 aromatic rings. The first kappa shape index (κ1) is 36.4. The molecule has 0 radical (unpaired) electrons. The van der Waals surface area contributed by atoms with Crippen molar-refractivity contribution in [1.82, 2.24) is 19.8 Å². The highest BCUT2D eigenvalue weighted by Crippen LogP contribution is 2.53. The van der Waals surface area contributed by atoms with Crippen molar-refractivity contribution >= 4 is 98.4 Å². The number of carbonyl (C=O) groups is 6. The zero-order valence-corrected chi connectivity index (χ0v) is 28.8. The molecule has 4 heterocycles. The third kappa shape index (κ3) is 6.20. The number of hydrazone groups is 1. The van der Waals surface area contributed by atoms with E-state index in [-0.39, 0.29) is 33.8 Å². The van der Waals surface area contributed by atoms with Crippen LogP contribution >= 0.6 is 46.3 Å². The third-order valence-corrected chi connectivity index (χ3v) is 11.1. The minimum Gasteiger partial charge on any atom is -0.504 e. The van der Waals surface area contributed by atoms with Gasteiger partial charge >= 0.3 is 18.0 Å². The highest BCUT2D eigenvalue weighted by atomic mass is 35.5. The average molecular weight is 774 g/mol. The Morgan fingerprint density at radius 3 is 2.40 bits per heavy atom. The predicted molar refractivity (Wildman–Crippen MR) is 177 cm³/mol. The summed E-state index contributed by atoms with van der Waals surface area (Å²) >= 11 is 13.8. The molecular weight excluding hydrogens is 747 g/mol. The highest BCUT2D eigenvalue weighted by molar-refractivity contribution is 8.02. The number of ketones is 1. The van der Waals surface area contributed by atoms with Crippen molar-refractivity contribution in [2.45, 2.75) is 36.1 Å². The fourth-order valence-corrected chi connectivity index (χ4v) is 8.05. The lowest BCUT2D eigenvalue weighted by Crippen LogP contribution is -2.59. The number of nitrogens with zero attached hydrogens (tertiary/aromatic N) is 6. The number of thioether (sulfide) groups is 1. The van der Waals surface area contributed by atoms with Gasteiger partial charge in [0.15, 0.2) is 33.8 Å². The quantitative estimate of drug-likeness (QED) is 0.0757. The van der Waals surface area contributed by atoms with Crippen molar-refractivity contribution in [2.75, 3.05) is 25.4 Å². The molecule has 3 aliphatic heterocycles. The Morgan fingerprint density at radius 1 is 1.14 bits per heavy atom. The van der Waals surface area contributed by atoms with Gasteiger partial charge in [0.25, 0.3) is 5.91 Å². The van der Waals surface area contributed by atoms with E-state index in [1.807, 2.05) is 0 Å². The summed E-state index contributed by atoms with van der Waals surface area (Å²) in [6.45, 7) is 1.45. The maximum absolute atomic E-state index is 13.6. The first-order valence-electron chi connectivity index (χ1n) is 14.2. The van der Waals surface area contributed by atoms with Crippen LogP contribution in [0, 0.1) is 5.92 Å². The van der Waals surface area contributed by atoms with E-state index >= 15 is 0 Å². The molecule has 0 spiro atoms. The van der Waals surface area contributed by atoms with Crippen LogP contribution in [0.2, 0.25) is 9.36 Å². The minimum absolute atomic E-state index is 0.0348. The van der Waals surface area contributed by atoms with Crippen LogP contribution in [0.1, 0.15) is 31.5 Å². The molecule has 266 valence electrons. The van der Waals surface area contributed by atoms with E-state index in [0.29, 0.717) is 0 Å². The number of aromatic nitrogens is 1. The van der Waals surface area contributed by atoms with Gasteiger partial charge in [0.2, 0.25) is 16.4 Å². The van der Waals surface area contributed by atoms with Gasteiger partial charge in [-0.15, -0.1) is 0 Å². The molecule has 0 bridgehead atoms. The Morgan fingerprint density at radius 2 is 1.82 bits per heavy atom. The van der Waals surface area contributed by atoms with Gasteiger partial charge < -0.3 is 41.6 Å². The van der Waals surface area contributed by atoms with Gasteiger partial charge in [-0.2, -0.15) is 5.10 Å². The number of primary amides is 1. The maximum atomic E-state index is 13.6. The Balaban J connectivity index is 1.39. The van der Waals surface area contributed by atoms with Gasteiger partial charge in [0.1, 0.15) is 10.0 Å². The number of rotatable bonds is 12. The number of thiazole rings is 1. The summed E-state index contributed by atoms with van der Waals surface area (Å²) in [5.41, 5.74) is 7.81. The zero-order valence-electron chi connectivity index (χ0n) is 25.7. The number of aromatic hydroxyl groups is 2. The van der Waals surface area contributed by atoms with Crippen LogP contribution in [0.4, 0.5) is 9.93 Å². The van der Waals surface area contributed by atoms with E-state index in [0.717, 1.165) is 45.1 Å². The van der Waals surface area contributed by atoms with Gasteiger partial charge in [0.05, 0.1) is 29.4 Å². The second-order valence-electron chi connectivity index (χ2n) is 11.5. The lowest BCUT2D eigenvalue weighted by atomic mass is 9.90. The van der Waals surface area contributed by atoms with Crippen LogP contribution in [0.25, 0.3) is 0 Å². The maximum Gasteiger partial charge on any atom is 0.350 e. The van der Waals surface area contributed by atoms with Crippen molar-refractivity contribution in [1.29, 1.82) is 0 Å². The normalized spacial score (nSPS) is 22.4. The predicted octanol–water partition coefficient (Wildman–Crippen LogP) is 0.926.